The second-order valence-electron chi connectivity index (χ2n) is 0.854. The molecule has 0 amide bonds. The fourth-order valence-corrected chi connectivity index (χ4v) is 0. The van der Waals surface area contributed by atoms with E-state index < -0.39 is 0 Å². The Morgan fingerprint density at radius 1 is 1.50 bits per heavy atom. The van der Waals surface area contributed by atoms with E-state index in [2.05, 4.69) is 13.8 Å². The molecule has 2 N–H and O–H groups in total. The zero-order chi connectivity index (χ0) is 3.41. The molecule has 1 nitrogen and oxygen atoms in total. The van der Waals surface area contributed by atoms with E-state index in [1.807, 2.05) is 0 Å². The van der Waals surface area contributed by atoms with Crippen molar-refractivity contribution >= 4 is 0 Å². The number of hydrogen-bond donors (Lipinski definition) is 0. The topological polar surface area (TPSA) is 31.5 Å². The van der Waals surface area contributed by atoms with Crippen molar-refractivity contribution in [3.63, 3.8) is 0 Å². The summed E-state index contributed by atoms with van der Waals surface area (Å²) < 4.78 is 0. The fourth-order valence-electron chi connectivity index (χ4n) is 0. The van der Waals surface area contributed by atoms with Crippen LogP contribution in [0.2, 0.25) is 0 Å². The van der Waals surface area contributed by atoms with Crippen LogP contribution >= 0.6 is 0 Å². The van der Waals surface area contributed by atoms with Crippen LogP contribution in [0.4, 0.5) is 0 Å². The minimum atomic E-state index is 0. The van der Waals surface area contributed by atoms with Gasteiger partial charge in [-0.05, 0) is 0 Å². The van der Waals surface area contributed by atoms with Gasteiger partial charge in [-0.25, -0.2) is 0 Å². The van der Waals surface area contributed by atoms with Gasteiger partial charge in [-0.1, -0.05) is 13.3 Å². The van der Waals surface area contributed by atoms with E-state index in [1.165, 1.54) is 6.42 Å². The molecule has 0 aliphatic heterocycles. The molecule has 0 rings (SSSR count). The summed E-state index contributed by atoms with van der Waals surface area (Å²) in [4.78, 5) is 0. The summed E-state index contributed by atoms with van der Waals surface area (Å²) >= 11 is 0. The van der Waals surface area contributed by atoms with Gasteiger partial charge in [-0.15, -0.1) is 0 Å². The van der Waals surface area contributed by atoms with Gasteiger partial charge >= 0.3 is 0 Å². The van der Waals surface area contributed by atoms with Crippen molar-refractivity contribution in [2.24, 2.45) is 0 Å². The van der Waals surface area contributed by atoms with Gasteiger partial charge in [-0.2, -0.15) is 6.42 Å². The molecule has 39 valence electrons. The molecule has 0 aromatic carbocycles. The fraction of sp³-hybridized carbons (Fsp3) is 0.750. The summed E-state index contributed by atoms with van der Waals surface area (Å²) in [5.41, 5.74) is 0. The summed E-state index contributed by atoms with van der Waals surface area (Å²) in [7, 11) is 0. The third-order valence-electron chi connectivity index (χ3n) is 0.354. The summed E-state index contributed by atoms with van der Waals surface area (Å²) in [5, 5.41) is 0. The van der Waals surface area contributed by atoms with Crippen LogP contribution in [-0.4, -0.2) is 5.48 Å². The van der Waals surface area contributed by atoms with E-state index in [4.69, 9.17) is 0 Å². The maximum absolute atomic E-state index is 3.60. The van der Waals surface area contributed by atoms with Gasteiger partial charge in [0.1, 0.15) is 0 Å². The van der Waals surface area contributed by atoms with E-state index in [0.717, 1.165) is 6.42 Å². The molecule has 0 aromatic rings. The van der Waals surface area contributed by atoms with Crippen molar-refractivity contribution in [3.05, 3.63) is 6.92 Å². The van der Waals surface area contributed by atoms with Crippen LogP contribution in [0.1, 0.15) is 19.8 Å². The Balaban J connectivity index is -0.0000000450. The van der Waals surface area contributed by atoms with Gasteiger partial charge in [0.05, 0.1) is 0 Å². The summed E-state index contributed by atoms with van der Waals surface area (Å²) in [6.07, 6.45) is 2.28. The quantitative estimate of drug-likeness (QED) is 0.465. The van der Waals surface area contributed by atoms with Crippen molar-refractivity contribution in [3.8, 4) is 0 Å². The van der Waals surface area contributed by atoms with Gasteiger partial charge in [0.25, 0.3) is 0 Å². The summed E-state index contributed by atoms with van der Waals surface area (Å²) in [6.45, 7) is 5.72. The Hall–Kier alpha value is 0.544. The molecule has 0 bridgehead atoms. The molecular formula is C4H11OV-. The molecule has 0 spiro atoms. The SMILES string of the molecule is O.[CH2-]CCC.[V]. The molecule has 0 saturated carbocycles. The van der Waals surface area contributed by atoms with Crippen molar-refractivity contribution in [1.82, 2.24) is 0 Å². The van der Waals surface area contributed by atoms with Crippen LogP contribution in [-0.2, 0) is 18.6 Å². The molecular weight excluding hydrogens is 115 g/mol. The van der Waals surface area contributed by atoms with Crippen molar-refractivity contribution in [1.29, 1.82) is 0 Å². The van der Waals surface area contributed by atoms with Crippen molar-refractivity contribution in [2.75, 3.05) is 0 Å². The molecule has 0 atom stereocenters. The first-order valence-electron chi connectivity index (χ1n) is 1.71. The summed E-state index contributed by atoms with van der Waals surface area (Å²) in [5.74, 6) is 0. The second kappa shape index (κ2) is 17.7. The van der Waals surface area contributed by atoms with Gasteiger partial charge < -0.3 is 12.4 Å². The first-order chi connectivity index (χ1) is 1.91. The molecule has 0 aliphatic carbocycles. The van der Waals surface area contributed by atoms with Crippen LogP contribution < -0.4 is 0 Å². The third kappa shape index (κ3) is 23.9. The number of hydrogen-bond acceptors (Lipinski definition) is 0. The smallest absolute Gasteiger partial charge is 0 e. The van der Waals surface area contributed by atoms with Crippen LogP contribution in [0.15, 0.2) is 0 Å². The molecule has 0 fully saturated rings. The Kier molecular flexibility index (Phi) is 47.2. The molecule has 0 aliphatic rings. The molecule has 0 saturated heterocycles. The van der Waals surface area contributed by atoms with Crippen LogP contribution in [0.5, 0.6) is 0 Å². The number of rotatable bonds is 1. The first-order valence-corrected chi connectivity index (χ1v) is 1.71. The zero-order valence-corrected chi connectivity index (χ0v) is 5.47. The van der Waals surface area contributed by atoms with Gasteiger partial charge in [-0.3, -0.25) is 0 Å². The Morgan fingerprint density at radius 2 is 1.67 bits per heavy atom. The average molecular weight is 126 g/mol. The van der Waals surface area contributed by atoms with Crippen molar-refractivity contribution in [2.45, 2.75) is 19.8 Å². The standard InChI is InChI=1S/C4H9.H2O.V/c1-3-4-2;;/h1,3-4H2,2H3;1H2;/q-1;;. The van der Waals surface area contributed by atoms with Crippen LogP contribution in [0.25, 0.3) is 0 Å². The van der Waals surface area contributed by atoms with E-state index in [-0.39, 0.29) is 24.0 Å². The first kappa shape index (κ1) is 16.0. The maximum Gasteiger partial charge on any atom is 0 e. The van der Waals surface area contributed by atoms with Gasteiger partial charge in [0, 0.05) is 18.6 Å². The van der Waals surface area contributed by atoms with Crippen molar-refractivity contribution < 1.29 is 24.0 Å². The predicted molar refractivity (Wildman–Crippen MR) is 23.9 cm³/mol. The van der Waals surface area contributed by atoms with Gasteiger partial charge in [0.2, 0.25) is 0 Å². The Morgan fingerprint density at radius 3 is 1.67 bits per heavy atom. The third-order valence-corrected chi connectivity index (χ3v) is 0.354. The normalized spacial score (nSPS) is 5.00. The van der Waals surface area contributed by atoms with Gasteiger partial charge in [0.15, 0.2) is 0 Å². The van der Waals surface area contributed by atoms with E-state index in [9.17, 15) is 0 Å². The zero-order valence-electron chi connectivity index (χ0n) is 4.07. The van der Waals surface area contributed by atoms with E-state index in [1.54, 1.807) is 0 Å². The molecule has 6 heavy (non-hydrogen) atoms. The Labute approximate surface area is 51.3 Å². The van der Waals surface area contributed by atoms with E-state index in [0.29, 0.717) is 0 Å². The average Bonchev–Trinajstić information content (AvgIpc) is 1.37. The van der Waals surface area contributed by atoms with Crippen LogP contribution in [0, 0.1) is 6.92 Å². The Bertz CT molecular complexity index is 9.51. The minimum Gasteiger partial charge on any atom is -0.412 e. The maximum atomic E-state index is 3.60. The number of unbranched alkanes of at least 4 members (excludes halogenated alkanes) is 1. The molecule has 0 unspecified atom stereocenters. The second-order valence-corrected chi connectivity index (χ2v) is 0.854. The molecule has 2 heteroatoms. The predicted octanol–water partition coefficient (Wildman–Crippen LogP) is 0.793. The minimum absolute atomic E-state index is 0. The molecule has 0 aromatic heterocycles. The van der Waals surface area contributed by atoms with E-state index >= 15 is 0 Å². The summed E-state index contributed by atoms with van der Waals surface area (Å²) in [6, 6.07) is 0. The monoisotopic (exact) mass is 126 g/mol. The van der Waals surface area contributed by atoms with Crippen LogP contribution in [0.3, 0.4) is 0 Å². The molecule has 1 radical (unpaired) electrons. The largest absolute Gasteiger partial charge is 0.412 e. The molecule has 0 heterocycles.